The minimum atomic E-state index is -0.202. The van der Waals surface area contributed by atoms with Crippen molar-refractivity contribution in [1.29, 1.82) is 0 Å². The summed E-state index contributed by atoms with van der Waals surface area (Å²) >= 11 is 0. The summed E-state index contributed by atoms with van der Waals surface area (Å²) in [6.07, 6.45) is 2.22. The van der Waals surface area contributed by atoms with Crippen molar-refractivity contribution in [3.05, 3.63) is 29.6 Å². The largest absolute Gasteiger partial charge is 0.496 e. The average molecular weight is 266 g/mol. The number of likely N-dealkylation sites (tertiary alicyclic amines) is 1. The van der Waals surface area contributed by atoms with Crippen LogP contribution in [0.25, 0.3) is 0 Å². The summed E-state index contributed by atoms with van der Waals surface area (Å²) in [5.41, 5.74) is 0.629. The molecule has 1 aliphatic heterocycles. The van der Waals surface area contributed by atoms with Gasteiger partial charge in [-0.25, -0.2) is 4.39 Å². The standard InChI is InChI=1S/C15H23FN2O/c1-11(17-12-7-9-18(2)10-8-12)15-13(16)5-4-6-14(15)19-3/h4-6,11-12,17H,7-10H2,1-3H3. The predicted molar refractivity (Wildman–Crippen MR) is 75.0 cm³/mol. The fourth-order valence-electron chi connectivity index (χ4n) is 2.73. The zero-order valence-electron chi connectivity index (χ0n) is 11.9. The molecule has 1 N–H and O–H groups in total. The third kappa shape index (κ3) is 3.45. The average Bonchev–Trinajstić information content (AvgIpc) is 2.40. The first-order chi connectivity index (χ1) is 9.11. The molecule has 1 aromatic rings. The monoisotopic (exact) mass is 266 g/mol. The second kappa shape index (κ2) is 6.35. The number of hydrogen-bond acceptors (Lipinski definition) is 3. The first kappa shape index (κ1) is 14.3. The van der Waals surface area contributed by atoms with Gasteiger partial charge in [-0.1, -0.05) is 6.07 Å². The lowest BCUT2D eigenvalue weighted by molar-refractivity contribution is 0.225. The van der Waals surface area contributed by atoms with E-state index in [9.17, 15) is 4.39 Å². The molecular formula is C15H23FN2O. The maximum atomic E-state index is 14.0. The zero-order chi connectivity index (χ0) is 13.8. The van der Waals surface area contributed by atoms with E-state index in [1.54, 1.807) is 13.2 Å². The molecule has 0 amide bonds. The highest BCUT2D eigenvalue weighted by molar-refractivity contribution is 5.37. The fraction of sp³-hybridized carbons (Fsp3) is 0.600. The molecule has 0 radical (unpaired) electrons. The lowest BCUT2D eigenvalue weighted by Crippen LogP contribution is -2.41. The van der Waals surface area contributed by atoms with Crippen LogP contribution in [-0.4, -0.2) is 38.2 Å². The summed E-state index contributed by atoms with van der Waals surface area (Å²) in [5.74, 6) is 0.417. The van der Waals surface area contributed by atoms with Crippen LogP contribution in [0.2, 0.25) is 0 Å². The molecule has 3 nitrogen and oxygen atoms in total. The third-order valence-corrected chi connectivity index (χ3v) is 3.87. The van der Waals surface area contributed by atoms with E-state index in [1.807, 2.05) is 13.0 Å². The quantitative estimate of drug-likeness (QED) is 0.906. The van der Waals surface area contributed by atoms with Gasteiger partial charge in [-0.2, -0.15) is 0 Å². The highest BCUT2D eigenvalue weighted by Gasteiger charge is 2.22. The van der Waals surface area contributed by atoms with Crippen molar-refractivity contribution in [1.82, 2.24) is 10.2 Å². The van der Waals surface area contributed by atoms with Crippen LogP contribution < -0.4 is 10.1 Å². The third-order valence-electron chi connectivity index (χ3n) is 3.87. The number of nitrogens with zero attached hydrogens (tertiary/aromatic N) is 1. The van der Waals surface area contributed by atoms with Crippen LogP contribution in [0.1, 0.15) is 31.4 Å². The minimum Gasteiger partial charge on any atom is -0.496 e. The van der Waals surface area contributed by atoms with Crippen LogP contribution in [-0.2, 0) is 0 Å². The first-order valence-corrected chi connectivity index (χ1v) is 6.88. The molecule has 19 heavy (non-hydrogen) atoms. The molecular weight excluding hydrogens is 243 g/mol. The number of piperidine rings is 1. The molecule has 1 fully saturated rings. The summed E-state index contributed by atoms with van der Waals surface area (Å²) in [6.45, 7) is 4.19. The van der Waals surface area contributed by atoms with Gasteiger partial charge in [0.1, 0.15) is 11.6 Å². The number of benzene rings is 1. The Bertz CT molecular complexity index is 417. The number of nitrogens with one attached hydrogen (secondary N) is 1. The van der Waals surface area contributed by atoms with Crippen molar-refractivity contribution in [2.24, 2.45) is 0 Å². The molecule has 4 heteroatoms. The van der Waals surface area contributed by atoms with Crippen LogP contribution >= 0.6 is 0 Å². The van der Waals surface area contributed by atoms with Gasteiger partial charge in [0.15, 0.2) is 0 Å². The molecule has 0 spiro atoms. The van der Waals surface area contributed by atoms with Crippen LogP contribution in [0.15, 0.2) is 18.2 Å². The van der Waals surface area contributed by atoms with Crippen molar-refractivity contribution in [2.75, 3.05) is 27.2 Å². The topological polar surface area (TPSA) is 24.5 Å². The molecule has 1 atom stereocenters. The molecule has 106 valence electrons. The van der Waals surface area contributed by atoms with Gasteiger partial charge in [0, 0.05) is 17.6 Å². The van der Waals surface area contributed by atoms with Gasteiger partial charge in [0.25, 0.3) is 0 Å². The van der Waals surface area contributed by atoms with Crippen LogP contribution in [0.4, 0.5) is 4.39 Å². The normalized spacial score (nSPS) is 19.4. The van der Waals surface area contributed by atoms with Gasteiger partial charge < -0.3 is 15.0 Å². The Morgan fingerprint density at radius 1 is 1.37 bits per heavy atom. The van der Waals surface area contributed by atoms with Gasteiger partial charge in [-0.15, -0.1) is 0 Å². The summed E-state index contributed by atoms with van der Waals surface area (Å²) in [4.78, 5) is 2.33. The maximum Gasteiger partial charge on any atom is 0.131 e. The van der Waals surface area contributed by atoms with Crippen LogP contribution in [0.5, 0.6) is 5.75 Å². The molecule has 0 saturated carbocycles. The highest BCUT2D eigenvalue weighted by Crippen LogP contribution is 2.28. The van der Waals surface area contributed by atoms with E-state index in [1.165, 1.54) is 6.07 Å². The Morgan fingerprint density at radius 2 is 2.05 bits per heavy atom. The molecule has 1 heterocycles. The van der Waals surface area contributed by atoms with Crippen molar-refractivity contribution in [2.45, 2.75) is 31.8 Å². The molecule has 0 aromatic heterocycles. The second-order valence-corrected chi connectivity index (χ2v) is 5.32. The summed E-state index contributed by atoms with van der Waals surface area (Å²) in [5, 5.41) is 3.52. The van der Waals surface area contributed by atoms with E-state index >= 15 is 0 Å². The summed E-state index contributed by atoms with van der Waals surface area (Å²) in [7, 11) is 3.72. The van der Waals surface area contributed by atoms with Crippen LogP contribution in [0.3, 0.4) is 0 Å². The smallest absolute Gasteiger partial charge is 0.131 e. The number of rotatable bonds is 4. The molecule has 1 unspecified atom stereocenters. The Balaban J connectivity index is 2.05. The van der Waals surface area contributed by atoms with Crippen molar-refractivity contribution < 1.29 is 9.13 Å². The molecule has 0 bridgehead atoms. The Kier molecular flexibility index (Phi) is 4.77. The molecule has 1 aliphatic rings. The van der Waals surface area contributed by atoms with Crippen molar-refractivity contribution in [3.63, 3.8) is 0 Å². The minimum absolute atomic E-state index is 0.0374. The first-order valence-electron chi connectivity index (χ1n) is 6.88. The predicted octanol–water partition coefficient (Wildman–Crippen LogP) is 2.58. The molecule has 2 rings (SSSR count). The van der Waals surface area contributed by atoms with Gasteiger partial charge in [0.2, 0.25) is 0 Å². The number of hydrogen-bond donors (Lipinski definition) is 1. The lowest BCUT2D eigenvalue weighted by Gasteiger charge is -2.32. The summed E-state index contributed by atoms with van der Waals surface area (Å²) < 4.78 is 19.2. The van der Waals surface area contributed by atoms with Gasteiger partial charge >= 0.3 is 0 Å². The second-order valence-electron chi connectivity index (χ2n) is 5.32. The van der Waals surface area contributed by atoms with E-state index in [-0.39, 0.29) is 11.9 Å². The van der Waals surface area contributed by atoms with Crippen molar-refractivity contribution in [3.8, 4) is 5.75 Å². The van der Waals surface area contributed by atoms with E-state index in [0.29, 0.717) is 17.4 Å². The van der Waals surface area contributed by atoms with E-state index in [0.717, 1.165) is 25.9 Å². The molecule has 1 saturated heterocycles. The fourth-order valence-corrected chi connectivity index (χ4v) is 2.73. The molecule has 0 aliphatic carbocycles. The Morgan fingerprint density at radius 3 is 2.68 bits per heavy atom. The highest BCUT2D eigenvalue weighted by atomic mass is 19.1. The van der Waals surface area contributed by atoms with Gasteiger partial charge in [0.05, 0.1) is 7.11 Å². The number of ether oxygens (including phenoxy) is 1. The van der Waals surface area contributed by atoms with Gasteiger partial charge in [-0.05, 0) is 52.0 Å². The Hall–Kier alpha value is -1.13. The van der Waals surface area contributed by atoms with E-state index in [4.69, 9.17) is 4.74 Å². The number of methoxy groups -OCH3 is 1. The Labute approximate surface area is 114 Å². The zero-order valence-corrected chi connectivity index (χ0v) is 11.9. The number of halogens is 1. The van der Waals surface area contributed by atoms with Crippen LogP contribution in [0, 0.1) is 5.82 Å². The van der Waals surface area contributed by atoms with E-state index in [2.05, 4.69) is 17.3 Å². The summed E-state index contributed by atoms with van der Waals surface area (Å²) in [6, 6.07) is 5.40. The van der Waals surface area contributed by atoms with Crippen molar-refractivity contribution >= 4 is 0 Å². The lowest BCUT2D eigenvalue weighted by atomic mass is 10.0. The molecule has 1 aromatic carbocycles. The SMILES string of the molecule is COc1cccc(F)c1C(C)NC1CCN(C)CC1. The maximum absolute atomic E-state index is 14.0. The van der Waals surface area contributed by atoms with Gasteiger partial charge in [-0.3, -0.25) is 0 Å². The van der Waals surface area contributed by atoms with E-state index < -0.39 is 0 Å².